The molecular formula is C28H27FN2O4. The van der Waals surface area contributed by atoms with Gasteiger partial charge in [0.2, 0.25) is 0 Å². The van der Waals surface area contributed by atoms with Crippen LogP contribution in [0.1, 0.15) is 53.0 Å². The van der Waals surface area contributed by atoms with Crippen LogP contribution in [0.5, 0.6) is 11.5 Å². The average molecular weight is 475 g/mol. The highest BCUT2D eigenvalue weighted by atomic mass is 19.1. The summed E-state index contributed by atoms with van der Waals surface area (Å²) in [5.74, 6) is 0.198. The molecule has 3 aliphatic heterocycles. The summed E-state index contributed by atoms with van der Waals surface area (Å²) in [5, 5.41) is 35.1. The van der Waals surface area contributed by atoms with Gasteiger partial charge < -0.3 is 24.6 Å². The van der Waals surface area contributed by atoms with E-state index in [1.165, 1.54) is 6.07 Å². The van der Waals surface area contributed by atoms with Gasteiger partial charge in [0.05, 0.1) is 28.3 Å². The van der Waals surface area contributed by atoms with Crippen molar-refractivity contribution in [3.8, 4) is 11.5 Å². The summed E-state index contributed by atoms with van der Waals surface area (Å²) < 4.78 is 23.7. The van der Waals surface area contributed by atoms with Crippen LogP contribution < -0.4 is 4.74 Å². The zero-order chi connectivity index (χ0) is 23.9. The summed E-state index contributed by atoms with van der Waals surface area (Å²) in [5.41, 5.74) is 3.51. The van der Waals surface area contributed by atoms with Crippen molar-refractivity contribution in [1.29, 1.82) is 0 Å². The third kappa shape index (κ3) is 2.10. The second kappa shape index (κ2) is 6.27. The number of ether oxygens (including phenoxy) is 1. The number of phenolic OH excluding ortho intramolecular Hbond substituents is 1. The number of aromatic nitrogens is 1. The molecule has 2 bridgehead atoms. The molecule has 3 N–H and O–H groups in total. The summed E-state index contributed by atoms with van der Waals surface area (Å²) in [6.07, 6.45) is 2.87. The molecule has 35 heavy (non-hydrogen) atoms. The Labute approximate surface area is 201 Å². The topological polar surface area (TPSA) is 78.1 Å². The fourth-order valence-corrected chi connectivity index (χ4v) is 8.41. The number of likely N-dealkylation sites (tertiary alicyclic amines) is 1. The van der Waals surface area contributed by atoms with Crippen molar-refractivity contribution in [1.82, 2.24) is 9.47 Å². The maximum Gasteiger partial charge on any atom is 0.166 e. The van der Waals surface area contributed by atoms with Crippen LogP contribution >= 0.6 is 0 Å². The number of phenols is 1. The number of aryl methyl sites for hydroxylation is 1. The Kier molecular flexibility index (Phi) is 3.64. The van der Waals surface area contributed by atoms with Crippen LogP contribution in [-0.2, 0) is 24.8 Å². The van der Waals surface area contributed by atoms with Gasteiger partial charge in [-0.15, -0.1) is 6.58 Å². The van der Waals surface area contributed by atoms with Gasteiger partial charge in [0.1, 0.15) is 5.82 Å². The predicted molar refractivity (Wildman–Crippen MR) is 127 cm³/mol. The molecule has 3 aromatic rings. The van der Waals surface area contributed by atoms with Crippen molar-refractivity contribution in [2.45, 2.75) is 61.5 Å². The molecule has 1 spiro atoms. The maximum atomic E-state index is 14.8. The largest absolute Gasteiger partial charge is 0.504 e. The smallest absolute Gasteiger partial charge is 0.166 e. The lowest BCUT2D eigenvalue weighted by atomic mass is 9.49. The average Bonchev–Trinajstić information content (AvgIpc) is 3.32. The van der Waals surface area contributed by atoms with Crippen molar-refractivity contribution >= 4 is 10.9 Å². The van der Waals surface area contributed by atoms with Gasteiger partial charge in [-0.25, -0.2) is 4.39 Å². The number of fused-ring (bicyclic) bond motifs is 4. The third-order valence-corrected chi connectivity index (χ3v) is 9.67. The quantitative estimate of drug-likeness (QED) is 0.497. The first-order valence-electron chi connectivity index (χ1n) is 12.5. The molecule has 2 aliphatic carbocycles. The number of aliphatic hydroxyl groups is 2. The minimum Gasteiger partial charge on any atom is -0.504 e. The number of aromatic hydroxyl groups is 1. The molecule has 4 heterocycles. The molecule has 1 saturated heterocycles. The maximum absolute atomic E-state index is 14.8. The standard InChI is InChI=1S/C28H27FN2O4/c1-2-7-30-9-6-27-22-14-3-4-20(33)25(22)35-26(27)24-18(13-28(27,34)21(30)10-14)16-11-15(29)12-17-19(32)5-8-31(24)23(16)17/h2-4,11-12,19,21,26,32-34H,1,5-10,13H2/t19-,21-,26+,27+,28-/m1/s1. The first kappa shape index (κ1) is 20.3. The fraction of sp³-hybridized carbons (Fsp3) is 0.429. The van der Waals surface area contributed by atoms with E-state index in [0.29, 0.717) is 50.1 Å². The molecule has 7 heteroatoms. The molecule has 5 atom stereocenters. The van der Waals surface area contributed by atoms with E-state index in [1.807, 2.05) is 12.1 Å². The number of aliphatic hydroxyl groups excluding tert-OH is 1. The van der Waals surface area contributed by atoms with Crippen molar-refractivity contribution in [2.24, 2.45) is 0 Å². The summed E-state index contributed by atoms with van der Waals surface area (Å²) >= 11 is 0. The Bertz CT molecular complexity index is 1480. The lowest BCUT2D eigenvalue weighted by molar-refractivity contribution is -0.171. The first-order valence-corrected chi connectivity index (χ1v) is 12.5. The Morgan fingerprint density at radius 2 is 2.11 bits per heavy atom. The normalized spacial score (nSPS) is 33.9. The molecule has 180 valence electrons. The monoisotopic (exact) mass is 474 g/mol. The number of rotatable bonds is 2. The van der Waals surface area contributed by atoms with Crippen LogP contribution in [0.15, 0.2) is 36.9 Å². The van der Waals surface area contributed by atoms with Gasteiger partial charge in [-0.1, -0.05) is 12.1 Å². The summed E-state index contributed by atoms with van der Waals surface area (Å²) in [6.45, 7) is 6.01. The Morgan fingerprint density at radius 3 is 2.94 bits per heavy atom. The molecule has 2 aromatic carbocycles. The van der Waals surface area contributed by atoms with E-state index < -0.39 is 23.2 Å². The Balaban J connectivity index is 1.49. The van der Waals surface area contributed by atoms with Crippen LogP contribution in [0.4, 0.5) is 4.39 Å². The fourth-order valence-electron chi connectivity index (χ4n) is 8.41. The molecule has 8 rings (SSSR count). The summed E-state index contributed by atoms with van der Waals surface area (Å²) in [6, 6.07) is 6.50. The van der Waals surface area contributed by atoms with Gasteiger partial charge in [-0.2, -0.15) is 0 Å². The molecule has 0 saturated carbocycles. The Morgan fingerprint density at radius 1 is 1.26 bits per heavy atom. The zero-order valence-electron chi connectivity index (χ0n) is 19.3. The SMILES string of the molecule is C=CCN1CC[C@]23c4c5ccc(O)c4O[C@H]2c2c(c4cc(F)cc6c4n2CC[C@H]6O)C[C@@]3(O)[C@H]1C5. The van der Waals surface area contributed by atoms with Gasteiger partial charge in [0, 0.05) is 48.6 Å². The highest BCUT2D eigenvalue weighted by Crippen LogP contribution is 2.69. The first-order chi connectivity index (χ1) is 16.9. The van der Waals surface area contributed by atoms with Crippen molar-refractivity contribution < 1.29 is 24.4 Å². The van der Waals surface area contributed by atoms with E-state index in [0.717, 1.165) is 39.8 Å². The second-order valence-corrected chi connectivity index (χ2v) is 11.0. The van der Waals surface area contributed by atoms with Gasteiger partial charge in [0.25, 0.3) is 0 Å². The van der Waals surface area contributed by atoms with Crippen LogP contribution in [0.25, 0.3) is 10.9 Å². The van der Waals surface area contributed by atoms with Crippen LogP contribution in [-0.4, -0.2) is 49.5 Å². The van der Waals surface area contributed by atoms with Crippen molar-refractivity contribution in [3.63, 3.8) is 0 Å². The molecule has 0 radical (unpaired) electrons. The second-order valence-electron chi connectivity index (χ2n) is 11.0. The van der Waals surface area contributed by atoms with Gasteiger partial charge >= 0.3 is 0 Å². The molecule has 6 nitrogen and oxygen atoms in total. The molecule has 1 aromatic heterocycles. The van der Waals surface area contributed by atoms with E-state index in [2.05, 4.69) is 16.0 Å². The van der Waals surface area contributed by atoms with E-state index in [9.17, 15) is 19.7 Å². The molecular weight excluding hydrogens is 447 g/mol. The molecule has 5 aliphatic rings. The highest BCUT2D eigenvalue weighted by molar-refractivity contribution is 5.90. The number of hydrogen-bond donors (Lipinski definition) is 3. The van der Waals surface area contributed by atoms with Gasteiger partial charge in [-0.05, 0) is 48.6 Å². The summed E-state index contributed by atoms with van der Waals surface area (Å²) in [7, 11) is 0. The summed E-state index contributed by atoms with van der Waals surface area (Å²) in [4.78, 5) is 2.31. The lowest BCUT2D eigenvalue weighted by Gasteiger charge is -2.62. The minimum atomic E-state index is -1.16. The zero-order valence-corrected chi connectivity index (χ0v) is 19.3. The number of piperidine rings is 1. The van der Waals surface area contributed by atoms with Gasteiger partial charge in [-0.3, -0.25) is 4.90 Å². The molecule has 1 fully saturated rings. The highest BCUT2D eigenvalue weighted by Gasteiger charge is 2.73. The predicted octanol–water partition coefficient (Wildman–Crippen LogP) is 3.40. The number of hydrogen-bond acceptors (Lipinski definition) is 5. The van der Waals surface area contributed by atoms with Crippen LogP contribution in [0.2, 0.25) is 0 Å². The number of nitrogens with zero attached hydrogens (tertiary/aromatic N) is 2. The van der Waals surface area contributed by atoms with Gasteiger partial charge in [0.15, 0.2) is 17.6 Å². The van der Waals surface area contributed by atoms with E-state index >= 15 is 0 Å². The van der Waals surface area contributed by atoms with Crippen LogP contribution in [0.3, 0.4) is 0 Å². The number of benzene rings is 2. The van der Waals surface area contributed by atoms with E-state index in [1.54, 1.807) is 12.1 Å². The van der Waals surface area contributed by atoms with E-state index in [-0.39, 0.29) is 17.6 Å². The lowest BCUT2D eigenvalue weighted by Crippen LogP contribution is -2.74. The number of halogens is 1. The van der Waals surface area contributed by atoms with Crippen molar-refractivity contribution in [2.75, 3.05) is 13.1 Å². The third-order valence-electron chi connectivity index (χ3n) is 9.67. The van der Waals surface area contributed by atoms with E-state index in [4.69, 9.17) is 4.74 Å². The molecule has 0 unspecified atom stereocenters. The van der Waals surface area contributed by atoms with Crippen molar-refractivity contribution in [3.05, 3.63) is 70.7 Å². The van der Waals surface area contributed by atoms with Crippen LogP contribution in [0, 0.1) is 5.82 Å². The Hall–Kier alpha value is -2.87. The minimum absolute atomic E-state index is 0.0975. The molecule has 0 amide bonds.